The molecule has 164 valence electrons. The first-order valence-electron chi connectivity index (χ1n) is 10.4. The number of hydrogen-bond donors (Lipinski definition) is 1. The van der Waals surface area contributed by atoms with Crippen LogP contribution in [0, 0.1) is 0 Å². The van der Waals surface area contributed by atoms with E-state index in [1.807, 2.05) is 20.8 Å². The van der Waals surface area contributed by atoms with Crippen molar-refractivity contribution in [2.45, 2.75) is 76.7 Å². The second kappa shape index (κ2) is 7.63. The van der Waals surface area contributed by atoms with Gasteiger partial charge in [0.1, 0.15) is 11.6 Å². The Balaban J connectivity index is 1.62. The van der Waals surface area contributed by atoms with Gasteiger partial charge in [-0.1, -0.05) is 25.9 Å². The number of nitrogens with one attached hydrogen (secondary N) is 1. The second-order valence-corrected chi connectivity index (χ2v) is 8.37. The molecule has 7 nitrogen and oxygen atoms in total. The topological polar surface area (TPSA) is 76.2 Å². The van der Waals surface area contributed by atoms with Crippen molar-refractivity contribution in [1.29, 1.82) is 0 Å². The molecule has 4 rings (SSSR count). The van der Waals surface area contributed by atoms with Gasteiger partial charge in [-0.3, -0.25) is 4.79 Å². The zero-order valence-electron chi connectivity index (χ0n) is 17.2. The Labute approximate surface area is 172 Å². The highest BCUT2D eigenvalue weighted by molar-refractivity contribution is 5.92. The first kappa shape index (κ1) is 20.7. The fraction of sp³-hybridized carbons (Fsp3) is 0.650. The number of likely N-dealkylation sites (tertiary alicyclic amines) is 1. The number of carbonyl (C=O) groups is 1. The molecule has 0 aromatic carbocycles. The highest BCUT2D eigenvalue weighted by atomic mass is 19.4. The highest BCUT2D eigenvalue weighted by Crippen LogP contribution is 2.42. The van der Waals surface area contributed by atoms with Crippen molar-refractivity contribution in [2.24, 2.45) is 0 Å². The lowest BCUT2D eigenvalue weighted by Gasteiger charge is -2.32. The molecule has 0 unspecified atom stereocenters. The van der Waals surface area contributed by atoms with Crippen molar-refractivity contribution < 1.29 is 22.5 Å². The molecule has 1 N–H and O–H groups in total. The molecule has 2 aliphatic rings. The number of fused-ring (bicyclic) bond motifs is 1. The zero-order chi connectivity index (χ0) is 21.6. The summed E-state index contributed by atoms with van der Waals surface area (Å²) in [6.45, 7) is 6.25. The summed E-state index contributed by atoms with van der Waals surface area (Å²) in [6.07, 6.45) is -2.46. The molecule has 1 saturated heterocycles. The van der Waals surface area contributed by atoms with E-state index in [0.29, 0.717) is 36.7 Å². The van der Waals surface area contributed by atoms with Gasteiger partial charge in [0.25, 0.3) is 5.91 Å². The van der Waals surface area contributed by atoms with E-state index in [2.05, 4.69) is 15.6 Å². The average Bonchev–Trinajstić information content (AvgIpc) is 3.43. The predicted octanol–water partition coefficient (Wildman–Crippen LogP) is 4.67. The molecule has 0 aliphatic carbocycles. The van der Waals surface area contributed by atoms with Crippen molar-refractivity contribution in [3.05, 3.63) is 29.3 Å². The van der Waals surface area contributed by atoms with Crippen LogP contribution in [-0.2, 0) is 0 Å². The molecule has 0 spiro atoms. The fourth-order valence-corrected chi connectivity index (χ4v) is 4.23. The summed E-state index contributed by atoms with van der Waals surface area (Å²) >= 11 is 0. The summed E-state index contributed by atoms with van der Waals surface area (Å²) in [5.74, 6) is 0.790. The van der Waals surface area contributed by atoms with Crippen molar-refractivity contribution >= 4 is 11.7 Å². The minimum Gasteiger partial charge on any atom is -0.367 e. The number of carbonyl (C=O) groups excluding carboxylic acids is 1. The van der Waals surface area contributed by atoms with Crippen LogP contribution in [0.25, 0.3) is 0 Å². The summed E-state index contributed by atoms with van der Waals surface area (Å²) in [5.41, 5.74) is 0.689. The lowest BCUT2D eigenvalue weighted by atomic mass is 10.0. The molecule has 3 atom stereocenters. The van der Waals surface area contributed by atoms with Crippen molar-refractivity contribution in [3.63, 3.8) is 0 Å². The van der Waals surface area contributed by atoms with E-state index in [-0.39, 0.29) is 36.0 Å². The van der Waals surface area contributed by atoms with Crippen LogP contribution < -0.4 is 5.32 Å². The Morgan fingerprint density at radius 3 is 2.77 bits per heavy atom. The van der Waals surface area contributed by atoms with Gasteiger partial charge in [-0.25, -0.2) is 4.68 Å². The molecule has 0 bridgehead atoms. The monoisotopic (exact) mass is 425 g/mol. The Bertz CT molecular complexity index is 920. The van der Waals surface area contributed by atoms with Gasteiger partial charge >= 0.3 is 6.18 Å². The maximum absolute atomic E-state index is 13.6. The molecule has 2 aliphatic heterocycles. The third-order valence-corrected chi connectivity index (χ3v) is 5.95. The Morgan fingerprint density at radius 2 is 2.13 bits per heavy atom. The average molecular weight is 425 g/mol. The normalized spacial score (nSPS) is 24.2. The van der Waals surface area contributed by atoms with Gasteiger partial charge in [0.15, 0.2) is 11.7 Å². The maximum atomic E-state index is 13.6. The molecule has 1 amide bonds. The molecule has 1 fully saturated rings. The van der Waals surface area contributed by atoms with Crippen molar-refractivity contribution in [3.8, 4) is 0 Å². The molecule has 0 radical (unpaired) electrons. The third-order valence-electron chi connectivity index (χ3n) is 5.95. The summed E-state index contributed by atoms with van der Waals surface area (Å²) in [5, 5.41) is 11.3. The standard InChI is InChI=1S/C20H26F3N5O2/c1-4-12-8-17(20(21,22)23)28-18(24-12)10-13(25-28)15-6-5-7-27(15)19(29)14-9-16(11(2)3)30-26-14/h9-12,15,17,24H,4-8H2,1-3H3/t12-,15+,17-/m1/s1. The largest absolute Gasteiger partial charge is 0.410 e. The first-order chi connectivity index (χ1) is 14.2. The van der Waals surface area contributed by atoms with Crippen LogP contribution in [0.15, 0.2) is 16.7 Å². The van der Waals surface area contributed by atoms with E-state index in [0.717, 1.165) is 11.1 Å². The second-order valence-electron chi connectivity index (χ2n) is 8.37. The summed E-state index contributed by atoms with van der Waals surface area (Å²) in [6, 6.07) is 0.972. The Morgan fingerprint density at radius 1 is 1.37 bits per heavy atom. The summed E-state index contributed by atoms with van der Waals surface area (Å²) in [4.78, 5) is 14.6. The van der Waals surface area contributed by atoms with Gasteiger partial charge in [-0.05, 0) is 25.7 Å². The van der Waals surface area contributed by atoms with Crippen LogP contribution in [-0.4, -0.2) is 44.5 Å². The zero-order valence-corrected chi connectivity index (χ0v) is 17.2. The highest BCUT2D eigenvalue weighted by Gasteiger charge is 2.46. The molecule has 4 heterocycles. The third kappa shape index (κ3) is 3.67. The number of rotatable bonds is 4. The Hall–Kier alpha value is -2.52. The quantitative estimate of drug-likeness (QED) is 0.771. The number of amides is 1. The number of aromatic nitrogens is 3. The number of halogens is 3. The van der Waals surface area contributed by atoms with Crippen LogP contribution in [0.1, 0.15) is 86.4 Å². The molecular weight excluding hydrogens is 399 g/mol. The van der Waals surface area contributed by atoms with Gasteiger partial charge in [0.2, 0.25) is 0 Å². The fourth-order valence-electron chi connectivity index (χ4n) is 4.23. The number of nitrogens with zero attached hydrogens (tertiary/aromatic N) is 4. The molecular formula is C20H26F3N5O2. The summed E-state index contributed by atoms with van der Waals surface area (Å²) < 4.78 is 47.2. The van der Waals surface area contributed by atoms with Crippen LogP contribution in [0.2, 0.25) is 0 Å². The van der Waals surface area contributed by atoms with Crippen molar-refractivity contribution in [1.82, 2.24) is 19.8 Å². The van der Waals surface area contributed by atoms with Crippen LogP contribution in [0.3, 0.4) is 0 Å². The SMILES string of the molecule is CC[C@@H]1C[C@H](C(F)(F)F)n2nc([C@@H]3CCCN3C(=O)c3cc(C(C)C)on3)cc2N1. The number of alkyl halides is 3. The molecule has 0 saturated carbocycles. The van der Waals surface area contributed by atoms with E-state index in [1.54, 1.807) is 17.0 Å². The maximum Gasteiger partial charge on any atom is 0.410 e. The minimum absolute atomic E-state index is 0.0572. The van der Waals surface area contributed by atoms with Gasteiger partial charge in [-0.15, -0.1) is 0 Å². The van der Waals surface area contributed by atoms with Crippen LogP contribution in [0.5, 0.6) is 0 Å². The summed E-state index contributed by atoms with van der Waals surface area (Å²) in [7, 11) is 0. The van der Waals surface area contributed by atoms with Gasteiger partial charge in [0, 0.05) is 30.6 Å². The minimum atomic E-state index is -4.38. The van der Waals surface area contributed by atoms with Gasteiger partial charge < -0.3 is 14.7 Å². The van der Waals surface area contributed by atoms with Gasteiger partial charge in [-0.2, -0.15) is 18.3 Å². The van der Waals surface area contributed by atoms with E-state index >= 15 is 0 Å². The van der Waals surface area contributed by atoms with E-state index in [4.69, 9.17) is 4.52 Å². The predicted molar refractivity (Wildman–Crippen MR) is 103 cm³/mol. The molecule has 10 heteroatoms. The number of anilines is 1. The van der Waals surface area contributed by atoms with Crippen LogP contribution in [0.4, 0.5) is 19.0 Å². The number of hydrogen-bond acceptors (Lipinski definition) is 5. The molecule has 30 heavy (non-hydrogen) atoms. The van der Waals surface area contributed by atoms with Gasteiger partial charge in [0.05, 0.1) is 11.7 Å². The van der Waals surface area contributed by atoms with E-state index in [1.165, 1.54) is 0 Å². The van der Waals surface area contributed by atoms with E-state index < -0.39 is 12.2 Å². The smallest absolute Gasteiger partial charge is 0.367 e. The van der Waals surface area contributed by atoms with Crippen molar-refractivity contribution in [2.75, 3.05) is 11.9 Å². The van der Waals surface area contributed by atoms with E-state index in [9.17, 15) is 18.0 Å². The molecule has 2 aromatic heterocycles. The lowest BCUT2D eigenvalue weighted by Crippen LogP contribution is -2.39. The first-order valence-corrected chi connectivity index (χ1v) is 10.4. The Kier molecular flexibility index (Phi) is 5.27. The molecule has 2 aromatic rings. The lowest BCUT2D eigenvalue weighted by molar-refractivity contribution is -0.173. The van der Waals surface area contributed by atoms with Crippen LogP contribution >= 0.6 is 0 Å².